The van der Waals surface area contributed by atoms with Crippen LogP contribution in [0, 0.1) is 0 Å². The van der Waals surface area contributed by atoms with Crippen LogP contribution in [-0.4, -0.2) is 39.9 Å². The lowest BCUT2D eigenvalue weighted by Crippen LogP contribution is -2.16. The minimum atomic E-state index is -0.395. The predicted octanol–water partition coefficient (Wildman–Crippen LogP) is 3.38. The first-order chi connectivity index (χ1) is 13.7. The van der Waals surface area contributed by atoms with Gasteiger partial charge in [0.15, 0.2) is 22.5 Å². The Labute approximate surface area is 166 Å². The highest BCUT2D eigenvalue weighted by molar-refractivity contribution is 8.00. The fraction of sp³-hybridized carbons (Fsp3) is 0.250. The summed E-state index contributed by atoms with van der Waals surface area (Å²) in [4.78, 5) is 11.9. The highest BCUT2D eigenvalue weighted by Crippen LogP contribution is 2.34. The number of hydrogen-bond acceptors (Lipinski definition) is 7. The SMILES string of the molecule is COC(=O)C(C)Sc1nnc(-c2ccccc2)n1Cc1ccc2c(c1)OCO2. The van der Waals surface area contributed by atoms with Gasteiger partial charge in [-0.3, -0.25) is 9.36 Å². The third-order valence-electron chi connectivity index (χ3n) is 4.34. The molecule has 0 fully saturated rings. The fourth-order valence-electron chi connectivity index (χ4n) is 2.91. The van der Waals surface area contributed by atoms with E-state index in [1.54, 1.807) is 6.92 Å². The van der Waals surface area contributed by atoms with E-state index in [0.29, 0.717) is 11.7 Å². The van der Waals surface area contributed by atoms with Crippen LogP contribution in [0.5, 0.6) is 11.5 Å². The molecule has 0 aliphatic carbocycles. The van der Waals surface area contributed by atoms with Crippen molar-refractivity contribution < 1.29 is 19.0 Å². The second-order valence-electron chi connectivity index (χ2n) is 6.23. The first-order valence-electron chi connectivity index (χ1n) is 8.77. The van der Waals surface area contributed by atoms with E-state index in [1.807, 2.05) is 53.1 Å². The zero-order valence-electron chi connectivity index (χ0n) is 15.5. The molecule has 0 amide bonds. The van der Waals surface area contributed by atoms with Crippen molar-refractivity contribution in [2.45, 2.75) is 23.9 Å². The summed E-state index contributed by atoms with van der Waals surface area (Å²) in [6.45, 7) is 2.56. The van der Waals surface area contributed by atoms with Crippen molar-refractivity contribution in [3.05, 3.63) is 54.1 Å². The number of carbonyl (C=O) groups is 1. The predicted molar refractivity (Wildman–Crippen MR) is 104 cm³/mol. The van der Waals surface area contributed by atoms with Gasteiger partial charge in [-0.25, -0.2) is 0 Å². The molecule has 1 unspecified atom stereocenters. The van der Waals surface area contributed by atoms with Crippen molar-refractivity contribution >= 4 is 17.7 Å². The summed E-state index contributed by atoms with van der Waals surface area (Å²) in [7, 11) is 1.38. The quantitative estimate of drug-likeness (QED) is 0.466. The van der Waals surface area contributed by atoms with Crippen LogP contribution in [0.1, 0.15) is 12.5 Å². The normalized spacial score (nSPS) is 13.4. The van der Waals surface area contributed by atoms with E-state index in [2.05, 4.69) is 10.2 Å². The van der Waals surface area contributed by atoms with E-state index in [9.17, 15) is 4.79 Å². The molecule has 0 bridgehead atoms. The van der Waals surface area contributed by atoms with Crippen molar-refractivity contribution in [1.82, 2.24) is 14.8 Å². The van der Waals surface area contributed by atoms with Crippen LogP contribution in [-0.2, 0) is 16.1 Å². The molecule has 0 saturated heterocycles. The molecular weight excluding hydrogens is 378 g/mol. The molecule has 1 aliphatic rings. The molecule has 28 heavy (non-hydrogen) atoms. The molecule has 2 heterocycles. The van der Waals surface area contributed by atoms with Crippen molar-refractivity contribution in [1.29, 1.82) is 0 Å². The first-order valence-corrected chi connectivity index (χ1v) is 9.65. The second kappa shape index (κ2) is 7.93. The first kappa shape index (κ1) is 18.4. The molecule has 0 saturated carbocycles. The summed E-state index contributed by atoms with van der Waals surface area (Å²) in [5.41, 5.74) is 1.97. The highest BCUT2D eigenvalue weighted by Gasteiger charge is 2.22. The lowest BCUT2D eigenvalue weighted by molar-refractivity contribution is -0.139. The van der Waals surface area contributed by atoms with Crippen LogP contribution in [0.4, 0.5) is 0 Å². The molecule has 3 aromatic rings. The van der Waals surface area contributed by atoms with Crippen molar-refractivity contribution in [3.63, 3.8) is 0 Å². The third kappa shape index (κ3) is 3.68. The Morgan fingerprint density at radius 1 is 1.18 bits per heavy atom. The topological polar surface area (TPSA) is 75.5 Å². The maximum Gasteiger partial charge on any atom is 0.318 e. The van der Waals surface area contributed by atoms with Crippen LogP contribution >= 0.6 is 11.8 Å². The van der Waals surface area contributed by atoms with Crippen molar-refractivity contribution in [2.24, 2.45) is 0 Å². The van der Waals surface area contributed by atoms with Crippen LogP contribution in [0.3, 0.4) is 0 Å². The summed E-state index contributed by atoms with van der Waals surface area (Å²) < 4.78 is 17.7. The average molecular weight is 397 g/mol. The van der Waals surface area contributed by atoms with Gasteiger partial charge in [0, 0.05) is 5.56 Å². The van der Waals surface area contributed by atoms with Crippen LogP contribution < -0.4 is 9.47 Å². The zero-order chi connectivity index (χ0) is 19.5. The number of nitrogens with zero attached hydrogens (tertiary/aromatic N) is 3. The van der Waals surface area contributed by atoms with Crippen molar-refractivity contribution in [3.8, 4) is 22.9 Å². The van der Waals surface area contributed by atoms with Gasteiger partial charge in [0.25, 0.3) is 0 Å². The maximum absolute atomic E-state index is 11.9. The van der Waals surface area contributed by atoms with E-state index >= 15 is 0 Å². The molecule has 7 nitrogen and oxygen atoms in total. The Hall–Kier alpha value is -3.00. The molecule has 8 heteroatoms. The van der Waals surface area contributed by atoms with Gasteiger partial charge in [0.2, 0.25) is 6.79 Å². The number of carbonyl (C=O) groups excluding carboxylic acids is 1. The molecular formula is C20H19N3O4S. The van der Waals surface area contributed by atoms with Gasteiger partial charge in [-0.05, 0) is 24.6 Å². The molecule has 0 radical (unpaired) electrons. The lowest BCUT2D eigenvalue weighted by Gasteiger charge is -2.13. The number of hydrogen-bond donors (Lipinski definition) is 0. The number of rotatable bonds is 6. The minimum Gasteiger partial charge on any atom is -0.468 e. The number of thioether (sulfide) groups is 1. The highest BCUT2D eigenvalue weighted by atomic mass is 32.2. The molecule has 0 N–H and O–H groups in total. The largest absolute Gasteiger partial charge is 0.468 e. The summed E-state index contributed by atoms with van der Waals surface area (Å²) >= 11 is 1.32. The van der Waals surface area contributed by atoms with Crippen LogP contribution in [0.15, 0.2) is 53.7 Å². The molecule has 4 rings (SSSR count). The Morgan fingerprint density at radius 3 is 2.75 bits per heavy atom. The standard InChI is InChI=1S/C20H19N3O4S/c1-13(19(24)25-2)28-20-22-21-18(15-6-4-3-5-7-15)23(20)11-14-8-9-16-17(10-14)27-12-26-16/h3-10,13H,11-12H2,1-2H3. The average Bonchev–Trinajstić information content (AvgIpc) is 3.35. The van der Waals surface area contributed by atoms with E-state index in [0.717, 1.165) is 28.5 Å². The van der Waals surface area contributed by atoms with E-state index in [1.165, 1.54) is 18.9 Å². The van der Waals surface area contributed by atoms with E-state index in [-0.39, 0.29) is 12.8 Å². The number of aromatic nitrogens is 3. The van der Waals surface area contributed by atoms with Gasteiger partial charge >= 0.3 is 5.97 Å². The van der Waals surface area contributed by atoms with E-state index < -0.39 is 5.25 Å². The Kier molecular flexibility index (Phi) is 5.21. The zero-order valence-corrected chi connectivity index (χ0v) is 16.3. The van der Waals surface area contributed by atoms with Gasteiger partial charge < -0.3 is 14.2 Å². The number of benzene rings is 2. The molecule has 1 atom stereocenters. The Balaban J connectivity index is 1.70. The monoisotopic (exact) mass is 397 g/mol. The van der Waals surface area contributed by atoms with Gasteiger partial charge in [0.05, 0.1) is 13.7 Å². The molecule has 144 valence electrons. The summed E-state index contributed by atoms with van der Waals surface area (Å²) in [6.07, 6.45) is 0. The number of methoxy groups -OCH3 is 1. The molecule has 1 aliphatic heterocycles. The molecule has 1 aromatic heterocycles. The lowest BCUT2D eigenvalue weighted by atomic mass is 10.2. The van der Waals surface area contributed by atoms with Gasteiger partial charge in [-0.15, -0.1) is 10.2 Å². The smallest absolute Gasteiger partial charge is 0.318 e. The van der Waals surface area contributed by atoms with Gasteiger partial charge in [-0.2, -0.15) is 0 Å². The van der Waals surface area contributed by atoms with Gasteiger partial charge in [-0.1, -0.05) is 48.2 Å². The minimum absolute atomic E-state index is 0.235. The Morgan fingerprint density at radius 2 is 1.96 bits per heavy atom. The summed E-state index contributed by atoms with van der Waals surface area (Å²) in [5.74, 6) is 1.90. The fourth-order valence-corrected chi connectivity index (χ4v) is 3.79. The molecule has 2 aromatic carbocycles. The molecule has 0 spiro atoms. The van der Waals surface area contributed by atoms with Crippen molar-refractivity contribution in [2.75, 3.05) is 13.9 Å². The summed E-state index contributed by atoms with van der Waals surface area (Å²) in [5, 5.41) is 8.96. The Bertz CT molecular complexity index is 990. The van der Waals surface area contributed by atoms with Crippen LogP contribution in [0.2, 0.25) is 0 Å². The van der Waals surface area contributed by atoms with E-state index in [4.69, 9.17) is 14.2 Å². The number of ether oxygens (including phenoxy) is 3. The van der Waals surface area contributed by atoms with Crippen LogP contribution in [0.25, 0.3) is 11.4 Å². The third-order valence-corrected chi connectivity index (χ3v) is 5.40. The summed E-state index contributed by atoms with van der Waals surface area (Å²) in [6, 6.07) is 15.7. The second-order valence-corrected chi connectivity index (χ2v) is 7.54. The maximum atomic E-state index is 11.9. The number of fused-ring (bicyclic) bond motifs is 1. The van der Waals surface area contributed by atoms with Gasteiger partial charge in [0.1, 0.15) is 5.25 Å². The number of esters is 1.